The highest BCUT2D eigenvalue weighted by Gasteiger charge is 2.38. The van der Waals surface area contributed by atoms with Crippen molar-refractivity contribution in [3.63, 3.8) is 0 Å². The molecule has 0 fully saturated rings. The van der Waals surface area contributed by atoms with Gasteiger partial charge in [-0.25, -0.2) is 0 Å². The Hall–Kier alpha value is -5.98. The highest BCUT2D eigenvalue weighted by Crippen LogP contribution is 2.41. The van der Waals surface area contributed by atoms with Crippen LogP contribution >= 0.6 is 0 Å². The SMILES string of the molecule is C.Cc1cc(OCc2ccccc2)c(C(F)(F)F)cc1C(=O)N1Cc2ccccc2C1.O=C(c1cc(C(F)(F)F)c(O)cc1O)N1Cc2ccccc2C1. The molecule has 2 heterocycles. The smallest absolute Gasteiger partial charge is 0.419 e. The molecule has 0 unspecified atom stereocenters. The maximum absolute atomic E-state index is 13.7. The number of carbonyl (C=O) groups is 2. The van der Waals surface area contributed by atoms with Crippen LogP contribution in [0.4, 0.5) is 26.3 Å². The van der Waals surface area contributed by atoms with Crippen LogP contribution in [-0.2, 0) is 45.1 Å². The van der Waals surface area contributed by atoms with Gasteiger partial charge in [0, 0.05) is 37.8 Å². The molecule has 2 N–H and O–H groups in total. The van der Waals surface area contributed by atoms with Gasteiger partial charge in [-0.1, -0.05) is 86.3 Å². The number of ether oxygens (including phenoxy) is 1. The minimum absolute atomic E-state index is 0. The maximum Gasteiger partial charge on any atom is 0.419 e. The van der Waals surface area contributed by atoms with Crippen molar-refractivity contribution >= 4 is 11.8 Å². The van der Waals surface area contributed by atoms with Crippen molar-refractivity contribution in [3.05, 3.63) is 159 Å². The fourth-order valence-corrected chi connectivity index (χ4v) is 6.26. The molecule has 5 aromatic carbocycles. The van der Waals surface area contributed by atoms with E-state index in [0.29, 0.717) is 30.8 Å². The molecule has 0 saturated carbocycles. The van der Waals surface area contributed by atoms with Crippen LogP contribution in [0, 0.1) is 6.92 Å². The summed E-state index contributed by atoms with van der Waals surface area (Å²) in [5.41, 5.74) is 2.34. The average molecular weight is 751 g/mol. The Morgan fingerprint density at radius 2 is 1.04 bits per heavy atom. The van der Waals surface area contributed by atoms with Gasteiger partial charge in [0.05, 0.1) is 16.7 Å². The normalized spacial score (nSPS) is 13.3. The topological polar surface area (TPSA) is 90.3 Å². The van der Waals surface area contributed by atoms with Crippen molar-refractivity contribution in [2.24, 2.45) is 0 Å². The first-order chi connectivity index (χ1) is 25.1. The molecule has 54 heavy (non-hydrogen) atoms. The number of carbonyl (C=O) groups excluding carboxylic acids is 2. The quantitative estimate of drug-likeness (QED) is 0.175. The van der Waals surface area contributed by atoms with Gasteiger partial charge in [-0.3, -0.25) is 9.59 Å². The Morgan fingerprint density at radius 3 is 1.50 bits per heavy atom. The minimum atomic E-state index is -4.82. The Balaban J connectivity index is 0.000000211. The molecule has 0 aromatic heterocycles. The molecule has 2 aliphatic heterocycles. The van der Waals surface area contributed by atoms with Gasteiger partial charge < -0.3 is 24.7 Å². The number of phenols is 2. The van der Waals surface area contributed by atoms with Crippen LogP contribution < -0.4 is 4.74 Å². The van der Waals surface area contributed by atoms with E-state index in [-0.39, 0.29) is 38.4 Å². The lowest BCUT2D eigenvalue weighted by molar-refractivity contribution is -0.139. The average Bonchev–Trinajstić information content (AvgIpc) is 3.75. The van der Waals surface area contributed by atoms with Crippen molar-refractivity contribution in [1.82, 2.24) is 9.80 Å². The fourth-order valence-electron chi connectivity index (χ4n) is 6.26. The summed E-state index contributed by atoms with van der Waals surface area (Å²) in [7, 11) is 0. The van der Waals surface area contributed by atoms with Gasteiger partial charge >= 0.3 is 12.4 Å². The van der Waals surface area contributed by atoms with Crippen LogP contribution in [0.25, 0.3) is 0 Å². The van der Waals surface area contributed by atoms with Crippen molar-refractivity contribution in [1.29, 1.82) is 0 Å². The van der Waals surface area contributed by atoms with E-state index in [1.54, 1.807) is 36.1 Å². The number of aromatic hydroxyl groups is 2. The Morgan fingerprint density at radius 1 is 0.611 bits per heavy atom. The number of rotatable bonds is 5. The first-order valence-corrected chi connectivity index (χ1v) is 16.3. The molecule has 2 aliphatic rings. The van der Waals surface area contributed by atoms with Gasteiger partial charge in [0.2, 0.25) is 0 Å². The third-order valence-electron chi connectivity index (χ3n) is 9.01. The summed E-state index contributed by atoms with van der Waals surface area (Å²) in [5, 5.41) is 19.1. The van der Waals surface area contributed by atoms with Crippen LogP contribution in [0.1, 0.15) is 72.7 Å². The standard InChI is InChI=1S/C24H20F3NO2.C16H12F3NO3.CH4/c1-16-11-22(30-15-17-7-3-2-4-8-17)21(24(25,26)27)12-20(16)23(29)28-13-18-9-5-6-10-19(18)14-28;17-16(18,19)12-5-11(13(21)6-14(12)22)15(23)20-7-9-3-1-2-4-10(9)8-20;/h2-12H,13-15H2,1H3;1-6,21-22H,7-8H2;1H4. The zero-order valence-corrected chi connectivity index (χ0v) is 28.1. The molecule has 2 amide bonds. The van der Waals surface area contributed by atoms with E-state index < -0.39 is 52.4 Å². The van der Waals surface area contributed by atoms with Crippen LogP contribution in [0.3, 0.4) is 0 Å². The number of amides is 2. The number of phenolic OH excluding ortho intramolecular Hbond substituents is 2. The third kappa shape index (κ3) is 8.46. The van der Waals surface area contributed by atoms with Gasteiger partial charge in [-0.05, 0) is 58.5 Å². The highest BCUT2D eigenvalue weighted by molar-refractivity contribution is 5.98. The molecule has 0 radical (unpaired) electrons. The molecule has 0 atom stereocenters. The van der Waals surface area contributed by atoms with E-state index in [1.165, 1.54) is 11.0 Å². The summed E-state index contributed by atoms with van der Waals surface area (Å²) < 4.78 is 85.3. The number of alkyl halides is 6. The van der Waals surface area contributed by atoms with E-state index >= 15 is 0 Å². The lowest BCUT2D eigenvalue weighted by Gasteiger charge is -2.20. The molecular weight excluding hydrogens is 714 g/mol. The molecule has 7 rings (SSSR count). The van der Waals surface area contributed by atoms with Crippen molar-refractivity contribution in [2.45, 2.75) is 59.5 Å². The largest absolute Gasteiger partial charge is 0.507 e. The monoisotopic (exact) mass is 750 g/mol. The van der Waals surface area contributed by atoms with E-state index in [9.17, 15) is 46.1 Å². The summed E-state index contributed by atoms with van der Waals surface area (Å²) in [4.78, 5) is 28.4. The maximum atomic E-state index is 13.7. The van der Waals surface area contributed by atoms with Crippen molar-refractivity contribution in [2.75, 3.05) is 0 Å². The first-order valence-electron chi connectivity index (χ1n) is 16.3. The van der Waals surface area contributed by atoms with Crippen LogP contribution in [-0.4, -0.2) is 31.8 Å². The molecule has 0 spiro atoms. The molecule has 7 nitrogen and oxygen atoms in total. The number of hydrogen-bond donors (Lipinski definition) is 2. The summed E-state index contributed by atoms with van der Waals surface area (Å²) in [6, 6.07) is 27.1. The zero-order valence-electron chi connectivity index (χ0n) is 28.1. The number of hydrogen-bond acceptors (Lipinski definition) is 5. The summed E-state index contributed by atoms with van der Waals surface area (Å²) >= 11 is 0. The third-order valence-corrected chi connectivity index (χ3v) is 9.01. The highest BCUT2D eigenvalue weighted by atomic mass is 19.4. The summed E-state index contributed by atoms with van der Waals surface area (Å²) in [6.07, 6.45) is -9.45. The van der Waals surface area contributed by atoms with E-state index in [0.717, 1.165) is 33.9 Å². The molecule has 0 bridgehead atoms. The Bertz CT molecular complexity index is 2120. The summed E-state index contributed by atoms with van der Waals surface area (Å²) in [5.74, 6) is -3.20. The molecule has 0 saturated heterocycles. The van der Waals surface area contributed by atoms with Crippen LogP contribution in [0.2, 0.25) is 0 Å². The zero-order chi connectivity index (χ0) is 38.1. The molecule has 13 heteroatoms. The first kappa shape index (κ1) is 39.2. The number of fused-ring (bicyclic) bond motifs is 2. The van der Waals surface area contributed by atoms with Gasteiger partial charge in [-0.15, -0.1) is 0 Å². The molecule has 5 aromatic rings. The molecule has 282 valence electrons. The second-order valence-corrected chi connectivity index (χ2v) is 12.7. The van der Waals surface area contributed by atoms with Gasteiger partial charge in [-0.2, -0.15) is 26.3 Å². The Kier molecular flexibility index (Phi) is 11.3. The number of halogens is 6. The lowest BCUT2D eigenvalue weighted by atomic mass is 10.0. The number of aryl methyl sites for hydroxylation is 1. The van der Waals surface area contributed by atoms with Gasteiger partial charge in [0.1, 0.15) is 23.9 Å². The van der Waals surface area contributed by atoms with Crippen molar-refractivity contribution < 1.29 is 50.9 Å². The second kappa shape index (κ2) is 15.6. The summed E-state index contributed by atoms with van der Waals surface area (Å²) in [6.45, 7) is 2.95. The molecular formula is C41H36F6N2O5. The minimum Gasteiger partial charge on any atom is -0.507 e. The number of benzene rings is 5. The fraction of sp³-hybridized carbons (Fsp3) is 0.220. The van der Waals surface area contributed by atoms with Gasteiger partial charge in [0.25, 0.3) is 11.8 Å². The van der Waals surface area contributed by atoms with Crippen LogP contribution in [0.15, 0.2) is 103 Å². The van der Waals surface area contributed by atoms with E-state index in [1.807, 2.05) is 54.6 Å². The van der Waals surface area contributed by atoms with Crippen LogP contribution in [0.5, 0.6) is 17.2 Å². The molecule has 0 aliphatic carbocycles. The number of nitrogens with zero attached hydrogens (tertiary/aromatic N) is 2. The van der Waals surface area contributed by atoms with E-state index in [2.05, 4.69) is 0 Å². The lowest BCUT2D eigenvalue weighted by Crippen LogP contribution is -2.26. The predicted octanol–water partition coefficient (Wildman–Crippen LogP) is 9.66. The Labute approximate surface area is 307 Å². The van der Waals surface area contributed by atoms with Crippen molar-refractivity contribution in [3.8, 4) is 17.2 Å². The van der Waals surface area contributed by atoms with Gasteiger partial charge in [0.15, 0.2) is 0 Å². The predicted molar refractivity (Wildman–Crippen MR) is 188 cm³/mol. The second-order valence-electron chi connectivity index (χ2n) is 12.7. The van der Waals surface area contributed by atoms with E-state index in [4.69, 9.17) is 4.74 Å².